The summed E-state index contributed by atoms with van der Waals surface area (Å²) in [5.41, 5.74) is 1.52. The molecule has 1 fully saturated rings. The van der Waals surface area contributed by atoms with Gasteiger partial charge < -0.3 is 4.42 Å². The van der Waals surface area contributed by atoms with Crippen molar-refractivity contribution in [2.45, 2.75) is 18.8 Å². The molecule has 0 bridgehead atoms. The number of halogens is 2. The predicted molar refractivity (Wildman–Crippen MR) is 56.0 cm³/mol. The van der Waals surface area contributed by atoms with Gasteiger partial charge in [0.05, 0.1) is 10.0 Å². The average molecular weight is 228 g/mol. The maximum Gasteiger partial charge on any atom is 0.198 e. The number of hydrogen-bond acceptors (Lipinski definition) is 2. The van der Waals surface area contributed by atoms with Crippen molar-refractivity contribution < 1.29 is 4.42 Å². The van der Waals surface area contributed by atoms with E-state index in [-0.39, 0.29) is 0 Å². The second-order valence-corrected chi connectivity index (χ2v) is 4.37. The van der Waals surface area contributed by atoms with E-state index in [4.69, 9.17) is 27.6 Å². The molecule has 0 radical (unpaired) electrons. The monoisotopic (exact) mass is 227 g/mol. The summed E-state index contributed by atoms with van der Waals surface area (Å²) in [7, 11) is 0. The van der Waals surface area contributed by atoms with Crippen molar-refractivity contribution in [3.63, 3.8) is 0 Å². The van der Waals surface area contributed by atoms with E-state index in [1.54, 1.807) is 12.1 Å². The van der Waals surface area contributed by atoms with E-state index < -0.39 is 0 Å². The van der Waals surface area contributed by atoms with Gasteiger partial charge in [0.2, 0.25) is 0 Å². The fraction of sp³-hybridized carbons (Fsp3) is 0.300. The van der Waals surface area contributed by atoms with Crippen molar-refractivity contribution in [1.82, 2.24) is 4.98 Å². The van der Waals surface area contributed by atoms with E-state index in [1.165, 1.54) is 12.8 Å². The Kier molecular flexibility index (Phi) is 1.76. The van der Waals surface area contributed by atoms with Crippen LogP contribution in [0.4, 0.5) is 0 Å². The third-order valence-corrected chi connectivity index (χ3v) is 3.10. The molecule has 0 atom stereocenters. The molecule has 1 aliphatic carbocycles. The van der Waals surface area contributed by atoms with Gasteiger partial charge in [0.25, 0.3) is 0 Å². The molecule has 0 N–H and O–H groups in total. The van der Waals surface area contributed by atoms with Gasteiger partial charge >= 0.3 is 0 Å². The summed E-state index contributed by atoms with van der Waals surface area (Å²) in [5, 5.41) is 1.03. The van der Waals surface area contributed by atoms with Crippen LogP contribution in [-0.2, 0) is 0 Å². The van der Waals surface area contributed by atoms with Crippen LogP contribution in [-0.4, -0.2) is 4.98 Å². The molecule has 0 saturated heterocycles. The first kappa shape index (κ1) is 8.57. The van der Waals surface area contributed by atoms with Crippen molar-refractivity contribution in [3.05, 3.63) is 28.1 Å². The molecule has 1 heterocycles. The lowest BCUT2D eigenvalue weighted by Gasteiger charge is -1.91. The van der Waals surface area contributed by atoms with Crippen molar-refractivity contribution >= 4 is 34.3 Å². The van der Waals surface area contributed by atoms with Crippen LogP contribution in [0.25, 0.3) is 11.1 Å². The Morgan fingerprint density at radius 3 is 2.64 bits per heavy atom. The normalized spacial score (nSPS) is 16.4. The van der Waals surface area contributed by atoms with Gasteiger partial charge in [0.1, 0.15) is 5.52 Å². The van der Waals surface area contributed by atoms with Crippen LogP contribution in [0.2, 0.25) is 10.0 Å². The summed E-state index contributed by atoms with van der Waals surface area (Å²) in [5.74, 6) is 1.33. The lowest BCUT2D eigenvalue weighted by atomic mass is 10.3. The Morgan fingerprint density at radius 1 is 1.21 bits per heavy atom. The van der Waals surface area contributed by atoms with Crippen LogP contribution in [0, 0.1) is 0 Å². The number of fused-ring (bicyclic) bond motifs is 1. The van der Waals surface area contributed by atoms with Crippen molar-refractivity contribution in [1.29, 1.82) is 0 Å². The van der Waals surface area contributed by atoms with E-state index in [2.05, 4.69) is 4.98 Å². The Morgan fingerprint density at radius 2 is 1.93 bits per heavy atom. The lowest BCUT2D eigenvalue weighted by Crippen LogP contribution is -1.75. The molecule has 2 aromatic rings. The lowest BCUT2D eigenvalue weighted by molar-refractivity contribution is 0.533. The number of hydrogen-bond donors (Lipinski definition) is 0. The van der Waals surface area contributed by atoms with Crippen molar-refractivity contribution in [3.8, 4) is 0 Å². The smallest absolute Gasteiger partial charge is 0.198 e. The van der Waals surface area contributed by atoms with Crippen molar-refractivity contribution in [2.24, 2.45) is 0 Å². The molecule has 3 rings (SSSR count). The van der Waals surface area contributed by atoms with Gasteiger partial charge in [-0.1, -0.05) is 23.2 Å². The third kappa shape index (κ3) is 1.30. The van der Waals surface area contributed by atoms with Gasteiger partial charge in [-0.05, 0) is 18.9 Å². The van der Waals surface area contributed by atoms with Gasteiger partial charge in [0.15, 0.2) is 11.5 Å². The van der Waals surface area contributed by atoms with Crippen LogP contribution in [0.1, 0.15) is 24.7 Å². The number of rotatable bonds is 1. The maximum absolute atomic E-state index is 5.88. The van der Waals surface area contributed by atoms with E-state index in [0.717, 1.165) is 17.0 Å². The highest BCUT2D eigenvalue weighted by atomic mass is 35.5. The first-order valence-electron chi connectivity index (χ1n) is 4.49. The molecule has 4 heteroatoms. The molecule has 1 aromatic heterocycles. The topological polar surface area (TPSA) is 26.0 Å². The highest BCUT2D eigenvalue weighted by molar-refractivity contribution is 6.42. The van der Waals surface area contributed by atoms with Gasteiger partial charge in [-0.15, -0.1) is 0 Å². The molecule has 0 amide bonds. The summed E-state index contributed by atoms with van der Waals surface area (Å²) in [4.78, 5) is 4.37. The second-order valence-electron chi connectivity index (χ2n) is 3.56. The van der Waals surface area contributed by atoms with Crippen LogP contribution >= 0.6 is 23.2 Å². The van der Waals surface area contributed by atoms with E-state index in [1.807, 2.05) is 0 Å². The molecule has 72 valence electrons. The van der Waals surface area contributed by atoms with E-state index in [0.29, 0.717) is 16.0 Å². The number of nitrogens with zero attached hydrogens (tertiary/aromatic N) is 1. The fourth-order valence-corrected chi connectivity index (χ4v) is 1.76. The molecular weight excluding hydrogens is 221 g/mol. The molecule has 2 nitrogen and oxygen atoms in total. The third-order valence-electron chi connectivity index (χ3n) is 2.37. The van der Waals surface area contributed by atoms with Crippen molar-refractivity contribution in [2.75, 3.05) is 0 Å². The maximum atomic E-state index is 5.88. The Labute approximate surface area is 90.8 Å². The van der Waals surface area contributed by atoms with Crippen LogP contribution in [0.5, 0.6) is 0 Å². The summed E-state index contributed by atoms with van der Waals surface area (Å²) < 4.78 is 5.57. The minimum Gasteiger partial charge on any atom is -0.440 e. The number of aromatic nitrogens is 1. The first-order chi connectivity index (χ1) is 6.74. The van der Waals surface area contributed by atoms with E-state index in [9.17, 15) is 0 Å². The molecule has 0 unspecified atom stereocenters. The molecule has 0 aliphatic heterocycles. The fourth-order valence-electron chi connectivity index (χ4n) is 1.45. The zero-order chi connectivity index (χ0) is 9.71. The molecule has 0 spiro atoms. The highest BCUT2D eigenvalue weighted by Gasteiger charge is 2.28. The molecule has 14 heavy (non-hydrogen) atoms. The zero-order valence-electron chi connectivity index (χ0n) is 7.26. The Balaban J connectivity index is 2.22. The summed E-state index contributed by atoms with van der Waals surface area (Å²) in [6.45, 7) is 0. The van der Waals surface area contributed by atoms with Crippen LogP contribution < -0.4 is 0 Å². The Bertz CT molecular complexity index is 463. The van der Waals surface area contributed by atoms with Crippen LogP contribution in [0.15, 0.2) is 16.5 Å². The standard InChI is InChI=1S/C10H7Cl2NO/c11-6-3-8-9(4-7(6)12)14-10(13-8)5-1-2-5/h3-5H,1-2H2. The summed E-state index contributed by atoms with van der Waals surface area (Å²) in [6.07, 6.45) is 2.35. The average Bonchev–Trinajstić information content (AvgIpc) is 2.90. The van der Waals surface area contributed by atoms with Gasteiger partial charge in [-0.25, -0.2) is 4.98 Å². The molecule has 1 saturated carbocycles. The molecule has 1 aromatic carbocycles. The largest absolute Gasteiger partial charge is 0.440 e. The van der Waals surface area contributed by atoms with Crippen LogP contribution in [0.3, 0.4) is 0 Å². The number of oxazole rings is 1. The minimum atomic E-state index is 0.512. The van der Waals surface area contributed by atoms with Gasteiger partial charge in [-0.3, -0.25) is 0 Å². The SMILES string of the molecule is Clc1cc2nc(C3CC3)oc2cc1Cl. The summed E-state index contributed by atoms with van der Waals surface area (Å²) >= 11 is 11.8. The highest BCUT2D eigenvalue weighted by Crippen LogP contribution is 2.41. The number of benzene rings is 1. The van der Waals surface area contributed by atoms with E-state index >= 15 is 0 Å². The zero-order valence-corrected chi connectivity index (χ0v) is 8.77. The van der Waals surface area contributed by atoms with Gasteiger partial charge in [-0.2, -0.15) is 0 Å². The quantitative estimate of drug-likeness (QED) is 0.736. The minimum absolute atomic E-state index is 0.512. The second kappa shape index (κ2) is 2.88. The molecular formula is C10H7Cl2NO. The van der Waals surface area contributed by atoms with Gasteiger partial charge in [0, 0.05) is 12.0 Å². The summed E-state index contributed by atoms with van der Waals surface area (Å²) in [6, 6.07) is 3.46. The first-order valence-corrected chi connectivity index (χ1v) is 5.25. The Hall–Kier alpha value is -0.730. The predicted octanol–water partition coefficient (Wildman–Crippen LogP) is 4.01. The molecule has 1 aliphatic rings.